The number of aromatic nitrogens is 2. The first-order valence-electron chi connectivity index (χ1n) is 4.15. The van der Waals surface area contributed by atoms with E-state index in [0.717, 1.165) is 19.8 Å². The van der Waals surface area contributed by atoms with E-state index in [4.69, 9.17) is 4.74 Å². The van der Waals surface area contributed by atoms with Gasteiger partial charge >= 0.3 is 0 Å². The number of nitrogens with one attached hydrogen (secondary N) is 1. The summed E-state index contributed by atoms with van der Waals surface area (Å²) in [5.41, 5.74) is 1.23. The summed E-state index contributed by atoms with van der Waals surface area (Å²) in [5, 5.41) is 7.34. The standard InChI is InChI=1S/C8H13N3O/c1-9-2-7-3-10-11(4-7)8-5-12-6-8/h3-4,8-9H,2,5-6H2,1H3. The minimum Gasteiger partial charge on any atom is -0.377 e. The fourth-order valence-corrected chi connectivity index (χ4v) is 1.25. The highest BCUT2D eigenvalue weighted by Crippen LogP contribution is 2.15. The van der Waals surface area contributed by atoms with Crippen LogP contribution in [-0.2, 0) is 11.3 Å². The Labute approximate surface area is 71.5 Å². The summed E-state index contributed by atoms with van der Waals surface area (Å²) in [7, 11) is 1.93. The van der Waals surface area contributed by atoms with Crippen LogP contribution in [0.4, 0.5) is 0 Å². The number of rotatable bonds is 3. The predicted octanol–water partition coefficient (Wildman–Crippen LogP) is 0.174. The van der Waals surface area contributed by atoms with Crippen LogP contribution >= 0.6 is 0 Å². The van der Waals surface area contributed by atoms with Crippen LogP contribution in [-0.4, -0.2) is 30.0 Å². The van der Waals surface area contributed by atoms with Crippen molar-refractivity contribution in [2.24, 2.45) is 0 Å². The Kier molecular flexibility index (Phi) is 2.10. The molecule has 66 valence electrons. The Morgan fingerprint density at radius 1 is 1.75 bits per heavy atom. The van der Waals surface area contributed by atoms with Crippen molar-refractivity contribution in [3.8, 4) is 0 Å². The molecule has 1 saturated heterocycles. The zero-order chi connectivity index (χ0) is 8.39. The van der Waals surface area contributed by atoms with Crippen molar-refractivity contribution in [1.82, 2.24) is 15.1 Å². The molecule has 1 aromatic heterocycles. The van der Waals surface area contributed by atoms with Crippen LogP contribution in [0.15, 0.2) is 12.4 Å². The zero-order valence-electron chi connectivity index (χ0n) is 7.16. The van der Waals surface area contributed by atoms with E-state index in [9.17, 15) is 0 Å². The lowest BCUT2D eigenvalue weighted by Gasteiger charge is -2.25. The molecule has 1 aromatic rings. The van der Waals surface area contributed by atoms with E-state index in [1.807, 2.05) is 17.9 Å². The molecule has 0 bridgehead atoms. The van der Waals surface area contributed by atoms with Crippen LogP contribution < -0.4 is 5.32 Å². The maximum Gasteiger partial charge on any atom is 0.0985 e. The van der Waals surface area contributed by atoms with Crippen LogP contribution in [0.5, 0.6) is 0 Å². The van der Waals surface area contributed by atoms with Crippen LogP contribution in [0.25, 0.3) is 0 Å². The highest BCUT2D eigenvalue weighted by atomic mass is 16.5. The molecule has 0 spiro atoms. The molecular weight excluding hydrogens is 154 g/mol. The van der Waals surface area contributed by atoms with Gasteiger partial charge in [0.2, 0.25) is 0 Å². The molecule has 2 rings (SSSR count). The first-order valence-corrected chi connectivity index (χ1v) is 4.15. The molecule has 0 aromatic carbocycles. The third-order valence-electron chi connectivity index (χ3n) is 2.03. The van der Waals surface area contributed by atoms with Crippen molar-refractivity contribution < 1.29 is 4.74 Å². The molecule has 1 aliphatic heterocycles. The fourth-order valence-electron chi connectivity index (χ4n) is 1.25. The van der Waals surface area contributed by atoms with Gasteiger partial charge in [-0.15, -0.1) is 0 Å². The van der Waals surface area contributed by atoms with Crippen LogP contribution in [0.3, 0.4) is 0 Å². The molecule has 1 fully saturated rings. The van der Waals surface area contributed by atoms with E-state index in [2.05, 4.69) is 16.6 Å². The third-order valence-corrected chi connectivity index (χ3v) is 2.03. The summed E-state index contributed by atoms with van der Waals surface area (Å²) >= 11 is 0. The first kappa shape index (κ1) is 7.76. The summed E-state index contributed by atoms with van der Waals surface area (Å²) in [6, 6.07) is 0.468. The van der Waals surface area contributed by atoms with E-state index in [0.29, 0.717) is 6.04 Å². The van der Waals surface area contributed by atoms with Crippen LogP contribution in [0.2, 0.25) is 0 Å². The van der Waals surface area contributed by atoms with E-state index in [-0.39, 0.29) is 0 Å². The van der Waals surface area contributed by atoms with E-state index in [1.54, 1.807) is 0 Å². The zero-order valence-corrected chi connectivity index (χ0v) is 7.16. The van der Waals surface area contributed by atoms with Crippen LogP contribution in [0, 0.1) is 0 Å². The molecular formula is C8H13N3O. The van der Waals surface area contributed by atoms with Crippen molar-refractivity contribution in [3.05, 3.63) is 18.0 Å². The molecule has 0 amide bonds. The smallest absolute Gasteiger partial charge is 0.0985 e. The average Bonchev–Trinajstić information content (AvgIpc) is 2.34. The molecule has 0 atom stereocenters. The summed E-state index contributed by atoms with van der Waals surface area (Å²) < 4.78 is 7.06. The SMILES string of the molecule is CNCc1cnn(C2COC2)c1. The second-order valence-electron chi connectivity index (χ2n) is 3.05. The van der Waals surface area contributed by atoms with Crippen molar-refractivity contribution in [1.29, 1.82) is 0 Å². The summed E-state index contributed by atoms with van der Waals surface area (Å²) in [6.07, 6.45) is 3.97. The first-order chi connectivity index (χ1) is 5.90. The quantitative estimate of drug-likeness (QED) is 0.697. The van der Waals surface area contributed by atoms with Gasteiger partial charge in [-0.05, 0) is 7.05 Å². The number of ether oxygens (including phenoxy) is 1. The highest BCUT2D eigenvalue weighted by molar-refractivity contribution is 5.04. The van der Waals surface area contributed by atoms with Gasteiger partial charge in [0.05, 0.1) is 25.5 Å². The lowest BCUT2D eigenvalue weighted by Crippen LogP contribution is -2.30. The van der Waals surface area contributed by atoms with Gasteiger partial charge in [-0.25, -0.2) is 0 Å². The third kappa shape index (κ3) is 1.35. The average molecular weight is 167 g/mol. The monoisotopic (exact) mass is 167 g/mol. The Hall–Kier alpha value is -0.870. The molecule has 0 saturated carbocycles. The van der Waals surface area contributed by atoms with Gasteiger partial charge in [-0.3, -0.25) is 4.68 Å². The Balaban J connectivity index is 2.02. The molecule has 12 heavy (non-hydrogen) atoms. The molecule has 4 heteroatoms. The lowest BCUT2D eigenvalue weighted by molar-refractivity contribution is -0.0286. The predicted molar refractivity (Wildman–Crippen MR) is 44.8 cm³/mol. The summed E-state index contributed by atoms with van der Waals surface area (Å²) in [5.74, 6) is 0. The van der Waals surface area contributed by atoms with Gasteiger partial charge < -0.3 is 10.1 Å². The molecule has 2 heterocycles. The van der Waals surface area contributed by atoms with Crippen molar-refractivity contribution in [3.63, 3.8) is 0 Å². The maximum absolute atomic E-state index is 5.08. The fraction of sp³-hybridized carbons (Fsp3) is 0.625. The topological polar surface area (TPSA) is 39.1 Å². The Morgan fingerprint density at radius 2 is 2.58 bits per heavy atom. The molecule has 0 aliphatic carbocycles. The van der Waals surface area contributed by atoms with Crippen molar-refractivity contribution in [2.75, 3.05) is 20.3 Å². The van der Waals surface area contributed by atoms with Crippen molar-refractivity contribution in [2.45, 2.75) is 12.6 Å². The molecule has 4 nitrogen and oxygen atoms in total. The normalized spacial score (nSPS) is 17.8. The number of nitrogens with zero attached hydrogens (tertiary/aromatic N) is 2. The molecule has 1 N–H and O–H groups in total. The lowest BCUT2D eigenvalue weighted by atomic mass is 10.3. The second-order valence-corrected chi connectivity index (χ2v) is 3.05. The largest absolute Gasteiger partial charge is 0.377 e. The maximum atomic E-state index is 5.08. The van der Waals surface area contributed by atoms with E-state index < -0.39 is 0 Å². The Morgan fingerprint density at radius 3 is 3.17 bits per heavy atom. The molecule has 1 aliphatic rings. The number of hydrogen-bond donors (Lipinski definition) is 1. The van der Waals surface area contributed by atoms with Crippen LogP contribution in [0.1, 0.15) is 11.6 Å². The van der Waals surface area contributed by atoms with E-state index in [1.165, 1.54) is 5.56 Å². The summed E-state index contributed by atoms with van der Waals surface area (Å²) in [6.45, 7) is 2.49. The molecule has 0 radical (unpaired) electrons. The van der Waals surface area contributed by atoms with Gasteiger partial charge in [-0.1, -0.05) is 0 Å². The Bertz CT molecular complexity index is 255. The number of hydrogen-bond acceptors (Lipinski definition) is 3. The van der Waals surface area contributed by atoms with Gasteiger partial charge in [0.25, 0.3) is 0 Å². The van der Waals surface area contributed by atoms with Gasteiger partial charge in [-0.2, -0.15) is 5.10 Å². The van der Waals surface area contributed by atoms with Gasteiger partial charge in [0.1, 0.15) is 0 Å². The van der Waals surface area contributed by atoms with Gasteiger partial charge in [0.15, 0.2) is 0 Å². The van der Waals surface area contributed by atoms with E-state index >= 15 is 0 Å². The van der Waals surface area contributed by atoms with Gasteiger partial charge in [0, 0.05) is 18.3 Å². The minimum atomic E-state index is 0.468. The minimum absolute atomic E-state index is 0.468. The van der Waals surface area contributed by atoms with Crippen molar-refractivity contribution >= 4 is 0 Å². The highest BCUT2D eigenvalue weighted by Gasteiger charge is 2.20. The molecule has 0 unspecified atom stereocenters. The summed E-state index contributed by atoms with van der Waals surface area (Å²) in [4.78, 5) is 0. The second kappa shape index (κ2) is 3.25.